The number of alkyl halides is 3. The molecule has 0 unspecified atom stereocenters. The van der Waals surface area contributed by atoms with Crippen LogP contribution < -0.4 is 0 Å². The van der Waals surface area contributed by atoms with Crippen LogP contribution in [0.2, 0.25) is 0 Å². The first-order valence-electron chi connectivity index (χ1n) is 11.1. The second kappa shape index (κ2) is 9.27. The number of halogens is 3. The van der Waals surface area contributed by atoms with E-state index in [0.717, 1.165) is 23.9 Å². The van der Waals surface area contributed by atoms with Gasteiger partial charge < -0.3 is 9.72 Å². The van der Waals surface area contributed by atoms with Gasteiger partial charge >= 0.3 is 6.18 Å². The highest BCUT2D eigenvalue weighted by Crippen LogP contribution is 2.38. The van der Waals surface area contributed by atoms with E-state index in [-0.39, 0.29) is 11.8 Å². The molecule has 1 fully saturated rings. The second-order valence-corrected chi connectivity index (χ2v) is 8.99. The van der Waals surface area contributed by atoms with Crippen molar-refractivity contribution in [2.75, 3.05) is 33.4 Å². The van der Waals surface area contributed by atoms with Crippen molar-refractivity contribution < 1.29 is 17.9 Å². The van der Waals surface area contributed by atoms with Crippen molar-refractivity contribution in [1.82, 2.24) is 19.7 Å². The third kappa shape index (κ3) is 5.02. The van der Waals surface area contributed by atoms with Crippen LogP contribution in [0.3, 0.4) is 0 Å². The molecule has 0 amide bonds. The van der Waals surface area contributed by atoms with Gasteiger partial charge in [0.25, 0.3) is 0 Å². The number of aromatic nitrogens is 3. The van der Waals surface area contributed by atoms with Gasteiger partial charge in [0.1, 0.15) is 0 Å². The molecule has 3 heterocycles. The number of rotatable bonds is 7. The zero-order valence-corrected chi connectivity index (χ0v) is 18.9. The van der Waals surface area contributed by atoms with Crippen molar-refractivity contribution >= 4 is 10.9 Å². The molecule has 5 nitrogen and oxygen atoms in total. The van der Waals surface area contributed by atoms with E-state index in [2.05, 4.69) is 36.1 Å². The van der Waals surface area contributed by atoms with Crippen LogP contribution in [0.4, 0.5) is 13.2 Å². The molecule has 0 saturated carbocycles. The molecule has 2 atom stereocenters. The maximum absolute atomic E-state index is 13.1. The SMILES string of the molecule is COCCn1cc([C@@H]2CN(CC(F)(F)F)CC[C@H]2Cc2c(C)cc(C)c3[nH]ccc23)cn1. The Balaban J connectivity index is 1.62. The molecule has 0 radical (unpaired) electrons. The van der Waals surface area contributed by atoms with Gasteiger partial charge in [-0.1, -0.05) is 6.07 Å². The summed E-state index contributed by atoms with van der Waals surface area (Å²) < 4.78 is 46.3. The molecule has 1 aliphatic heterocycles. The summed E-state index contributed by atoms with van der Waals surface area (Å²) in [5.41, 5.74) is 5.89. The smallest absolute Gasteiger partial charge is 0.383 e. The van der Waals surface area contributed by atoms with Gasteiger partial charge in [-0.15, -0.1) is 0 Å². The number of ether oxygens (including phenoxy) is 1. The summed E-state index contributed by atoms with van der Waals surface area (Å²) in [6.45, 7) is 5.39. The number of piperidine rings is 1. The van der Waals surface area contributed by atoms with Crippen LogP contribution in [0.15, 0.2) is 30.7 Å². The van der Waals surface area contributed by atoms with E-state index < -0.39 is 12.7 Å². The molecule has 174 valence electrons. The Morgan fingerprint density at radius 3 is 2.81 bits per heavy atom. The third-order valence-electron chi connectivity index (χ3n) is 6.69. The minimum atomic E-state index is -4.19. The molecule has 32 heavy (non-hydrogen) atoms. The van der Waals surface area contributed by atoms with E-state index in [1.165, 1.54) is 22.1 Å². The summed E-state index contributed by atoms with van der Waals surface area (Å²) in [4.78, 5) is 4.88. The average molecular weight is 449 g/mol. The molecule has 0 spiro atoms. The fourth-order valence-corrected chi connectivity index (χ4v) is 5.14. The van der Waals surface area contributed by atoms with Gasteiger partial charge in [-0.05, 0) is 67.5 Å². The van der Waals surface area contributed by atoms with Gasteiger partial charge in [-0.2, -0.15) is 18.3 Å². The number of aryl methyl sites for hydroxylation is 2. The lowest BCUT2D eigenvalue weighted by molar-refractivity contribution is -0.149. The highest BCUT2D eigenvalue weighted by Gasteiger charge is 2.37. The first kappa shape index (κ1) is 22.9. The predicted molar refractivity (Wildman–Crippen MR) is 119 cm³/mol. The highest BCUT2D eigenvalue weighted by molar-refractivity contribution is 5.87. The number of methoxy groups -OCH3 is 1. The normalized spacial score (nSPS) is 20.3. The van der Waals surface area contributed by atoms with Gasteiger partial charge in [-0.3, -0.25) is 9.58 Å². The minimum Gasteiger partial charge on any atom is -0.383 e. The molecule has 0 aliphatic carbocycles. The van der Waals surface area contributed by atoms with Gasteiger partial charge in [0.2, 0.25) is 0 Å². The van der Waals surface area contributed by atoms with E-state index in [1.807, 2.05) is 23.3 Å². The largest absolute Gasteiger partial charge is 0.401 e. The van der Waals surface area contributed by atoms with Crippen molar-refractivity contribution in [1.29, 1.82) is 0 Å². The third-order valence-corrected chi connectivity index (χ3v) is 6.69. The van der Waals surface area contributed by atoms with Crippen LogP contribution in [0, 0.1) is 19.8 Å². The van der Waals surface area contributed by atoms with Gasteiger partial charge in [-0.25, -0.2) is 0 Å². The zero-order chi connectivity index (χ0) is 22.9. The topological polar surface area (TPSA) is 46.1 Å². The van der Waals surface area contributed by atoms with E-state index in [4.69, 9.17) is 4.74 Å². The number of H-pyrrole nitrogens is 1. The molecule has 8 heteroatoms. The van der Waals surface area contributed by atoms with Crippen LogP contribution in [0.1, 0.15) is 34.6 Å². The molecule has 2 aromatic heterocycles. The molecule has 4 rings (SSSR count). The van der Waals surface area contributed by atoms with Crippen molar-refractivity contribution in [2.24, 2.45) is 5.92 Å². The number of hydrogen-bond acceptors (Lipinski definition) is 3. The van der Waals surface area contributed by atoms with Crippen molar-refractivity contribution in [3.63, 3.8) is 0 Å². The molecular formula is C24H31F3N4O. The fraction of sp³-hybridized carbons (Fsp3) is 0.542. The number of fused-ring (bicyclic) bond motifs is 1. The van der Waals surface area contributed by atoms with Crippen molar-refractivity contribution in [3.8, 4) is 0 Å². The predicted octanol–water partition coefficient (Wildman–Crippen LogP) is 4.84. The lowest BCUT2D eigenvalue weighted by Crippen LogP contribution is -2.44. The summed E-state index contributed by atoms with van der Waals surface area (Å²) in [6, 6.07) is 4.31. The summed E-state index contributed by atoms with van der Waals surface area (Å²) in [6.07, 6.45) is 3.13. The van der Waals surface area contributed by atoms with Gasteiger partial charge in [0, 0.05) is 42.9 Å². The number of nitrogens with zero attached hydrogens (tertiary/aromatic N) is 3. The average Bonchev–Trinajstić information content (AvgIpc) is 3.39. The lowest BCUT2D eigenvalue weighted by Gasteiger charge is -2.39. The van der Waals surface area contributed by atoms with Crippen molar-refractivity contribution in [3.05, 3.63) is 53.0 Å². The standard InChI is InChI=1S/C24H31F3N4O/c1-16-10-17(2)23-20(4-6-28-23)21(16)11-18-5-7-30(15-24(25,26)27)14-22(18)19-12-29-31(13-19)8-9-32-3/h4,6,10,12-13,18,22,28H,5,7-9,11,14-15H2,1-3H3/t18-,22+/m0/s1. The maximum atomic E-state index is 13.1. The van der Waals surface area contributed by atoms with E-state index in [1.54, 1.807) is 12.0 Å². The molecule has 3 aromatic rings. The maximum Gasteiger partial charge on any atom is 0.401 e. The van der Waals surface area contributed by atoms with Crippen molar-refractivity contribution in [2.45, 2.75) is 45.3 Å². The summed E-state index contributed by atoms with van der Waals surface area (Å²) in [7, 11) is 1.64. The number of nitrogens with one attached hydrogen (secondary N) is 1. The summed E-state index contributed by atoms with van der Waals surface area (Å²) in [5.74, 6) is 0.246. The van der Waals surface area contributed by atoms with E-state index in [9.17, 15) is 13.2 Å². The molecule has 1 saturated heterocycles. The molecule has 1 aromatic carbocycles. The number of aromatic amines is 1. The Labute approximate surface area is 186 Å². The zero-order valence-electron chi connectivity index (χ0n) is 18.9. The molecule has 1 N–H and O–H groups in total. The Hall–Kier alpha value is -2.32. The Morgan fingerprint density at radius 1 is 1.25 bits per heavy atom. The summed E-state index contributed by atoms with van der Waals surface area (Å²) >= 11 is 0. The minimum absolute atomic E-state index is 0.00269. The fourth-order valence-electron chi connectivity index (χ4n) is 5.14. The van der Waals surface area contributed by atoms with Crippen LogP contribution in [0.25, 0.3) is 10.9 Å². The first-order chi connectivity index (χ1) is 15.2. The van der Waals surface area contributed by atoms with E-state index >= 15 is 0 Å². The monoisotopic (exact) mass is 448 g/mol. The Bertz CT molecular complexity index is 1060. The lowest BCUT2D eigenvalue weighted by atomic mass is 9.77. The van der Waals surface area contributed by atoms with Gasteiger partial charge in [0.05, 0.1) is 25.9 Å². The highest BCUT2D eigenvalue weighted by atomic mass is 19.4. The molecule has 0 bridgehead atoms. The van der Waals surface area contributed by atoms with Crippen LogP contribution in [0.5, 0.6) is 0 Å². The van der Waals surface area contributed by atoms with Gasteiger partial charge in [0.15, 0.2) is 0 Å². The van der Waals surface area contributed by atoms with Crippen LogP contribution in [-0.4, -0.2) is 59.2 Å². The molecular weight excluding hydrogens is 417 g/mol. The van der Waals surface area contributed by atoms with Crippen LogP contribution >= 0.6 is 0 Å². The first-order valence-corrected chi connectivity index (χ1v) is 11.1. The number of likely N-dealkylation sites (tertiary alicyclic amines) is 1. The Morgan fingerprint density at radius 2 is 2.06 bits per heavy atom. The Kier molecular flexibility index (Phi) is 6.62. The summed E-state index contributed by atoms with van der Waals surface area (Å²) in [5, 5.41) is 5.65. The number of hydrogen-bond donors (Lipinski definition) is 1. The second-order valence-electron chi connectivity index (χ2n) is 8.99. The number of benzene rings is 1. The molecule has 1 aliphatic rings. The van der Waals surface area contributed by atoms with E-state index in [0.29, 0.717) is 26.2 Å². The quantitative estimate of drug-likeness (QED) is 0.563. The van der Waals surface area contributed by atoms with Crippen LogP contribution in [-0.2, 0) is 17.7 Å².